The van der Waals surface area contributed by atoms with E-state index in [9.17, 15) is 8.78 Å². The van der Waals surface area contributed by atoms with Crippen LogP contribution in [0.3, 0.4) is 0 Å². The molecular weight excluding hydrogens is 248 g/mol. The molecule has 0 aliphatic heterocycles. The summed E-state index contributed by atoms with van der Waals surface area (Å²) < 4.78 is 31.8. The molecule has 0 saturated carbocycles. The molecular formula is C15H23F2NO. The quantitative estimate of drug-likeness (QED) is 0.777. The summed E-state index contributed by atoms with van der Waals surface area (Å²) >= 11 is 0. The minimum atomic E-state index is -0.611. The molecule has 0 aliphatic rings. The average Bonchev–Trinajstić information content (AvgIpc) is 2.27. The van der Waals surface area contributed by atoms with E-state index in [1.165, 1.54) is 12.1 Å². The zero-order valence-electron chi connectivity index (χ0n) is 11.9. The first-order valence-corrected chi connectivity index (χ1v) is 6.84. The third-order valence-electron chi connectivity index (χ3n) is 2.67. The van der Waals surface area contributed by atoms with Gasteiger partial charge in [-0.15, -0.1) is 0 Å². The molecule has 0 amide bonds. The monoisotopic (exact) mass is 271 g/mol. The minimum absolute atomic E-state index is 0.0649. The van der Waals surface area contributed by atoms with E-state index in [-0.39, 0.29) is 11.9 Å². The molecule has 4 heteroatoms. The molecule has 1 unspecified atom stereocenters. The van der Waals surface area contributed by atoms with Crippen LogP contribution in [0.25, 0.3) is 0 Å². The molecule has 0 aromatic heterocycles. The second-order valence-corrected chi connectivity index (χ2v) is 5.19. The zero-order chi connectivity index (χ0) is 14.3. The summed E-state index contributed by atoms with van der Waals surface area (Å²) in [6, 6.07) is 3.28. The van der Waals surface area contributed by atoms with Crippen molar-refractivity contribution in [2.24, 2.45) is 5.92 Å². The summed E-state index contributed by atoms with van der Waals surface area (Å²) in [6.07, 6.45) is 1.75. The van der Waals surface area contributed by atoms with Gasteiger partial charge >= 0.3 is 0 Å². The summed E-state index contributed by atoms with van der Waals surface area (Å²) in [5, 5.41) is 3.31. The van der Waals surface area contributed by atoms with Crippen molar-refractivity contribution in [3.05, 3.63) is 29.8 Å². The molecule has 0 bridgehead atoms. The molecule has 0 aliphatic carbocycles. The maximum absolute atomic E-state index is 13.1. The molecule has 1 atom stereocenters. The molecule has 1 aromatic rings. The highest BCUT2D eigenvalue weighted by molar-refractivity contribution is 5.24. The summed E-state index contributed by atoms with van der Waals surface area (Å²) in [4.78, 5) is 0. The summed E-state index contributed by atoms with van der Waals surface area (Å²) in [5.74, 6) is -0.406. The lowest BCUT2D eigenvalue weighted by molar-refractivity contribution is 0.184. The molecule has 0 fully saturated rings. The van der Waals surface area contributed by atoms with E-state index in [4.69, 9.17) is 4.74 Å². The van der Waals surface area contributed by atoms with Gasteiger partial charge in [0.25, 0.3) is 0 Å². The molecule has 19 heavy (non-hydrogen) atoms. The topological polar surface area (TPSA) is 21.3 Å². The van der Waals surface area contributed by atoms with Crippen molar-refractivity contribution in [2.75, 3.05) is 13.1 Å². The van der Waals surface area contributed by atoms with Crippen molar-refractivity contribution in [1.29, 1.82) is 0 Å². The molecule has 2 nitrogen and oxygen atoms in total. The maximum Gasteiger partial charge on any atom is 0.129 e. The van der Waals surface area contributed by atoms with E-state index in [2.05, 4.69) is 26.1 Å². The van der Waals surface area contributed by atoms with Gasteiger partial charge in [0.05, 0.1) is 0 Å². The van der Waals surface area contributed by atoms with E-state index in [0.717, 1.165) is 25.5 Å². The molecule has 0 spiro atoms. The highest BCUT2D eigenvalue weighted by Crippen LogP contribution is 2.18. The standard InChI is InChI=1S/C15H23F2NO/c1-4-5-14(10-18-9-11(2)3)19-15-7-12(16)6-13(17)8-15/h6-8,11,14,18H,4-5,9-10H2,1-3H3. The Bertz CT molecular complexity index is 362. The highest BCUT2D eigenvalue weighted by atomic mass is 19.1. The van der Waals surface area contributed by atoms with Crippen LogP contribution >= 0.6 is 0 Å². The molecule has 108 valence electrons. The van der Waals surface area contributed by atoms with Crippen LogP contribution in [0.4, 0.5) is 8.78 Å². The molecule has 1 rings (SSSR count). The van der Waals surface area contributed by atoms with Gasteiger partial charge in [0.15, 0.2) is 0 Å². The summed E-state index contributed by atoms with van der Waals surface area (Å²) in [7, 11) is 0. The predicted molar refractivity (Wildman–Crippen MR) is 73.4 cm³/mol. The van der Waals surface area contributed by atoms with Crippen molar-refractivity contribution >= 4 is 0 Å². The number of nitrogens with one attached hydrogen (secondary N) is 1. The predicted octanol–water partition coefficient (Wildman–Crippen LogP) is 3.76. The summed E-state index contributed by atoms with van der Waals surface area (Å²) in [6.45, 7) is 7.91. The maximum atomic E-state index is 13.1. The first kappa shape index (κ1) is 15.9. The van der Waals surface area contributed by atoms with Gasteiger partial charge in [-0.05, 0) is 18.9 Å². The van der Waals surface area contributed by atoms with Crippen LogP contribution in [-0.2, 0) is 0 Å². The number of ether oxygens (including phenoxy) is 1. The Balaban J connectivity index is 2.56. The van der Waals surface area contributed by atoms with Gasteiger partial charge in [-0.3, -0.25) is 0 Å². The molecule has 1 aromatic carbocycles. The Hall–Kier alpha value is -1.16. The van der Waals surface area contributed by atoms with Gasteiger partial charge in [0.2, 0.25) is 0 Å². The SMILES string of the molecule is CCCC(CNCC(C)C)Oc1cc(F)cc(F)c1. The van der Waals surface area contributed by atoms with Gasteiger partial charge in [0, 0.05) is 24.7 Å². The Morgan fingerprint density at radius 2 is 1.74 bits per heavy atom. The second-order valence-electron chi connectivity index (χ2n) is 5.19. The smallest absolute Gasteiger partial charge is 0.129 e. The zero-order valence-corrected chi connectivity index (χ0v) is 11.9. The van der Waals surface area contributed by atoms with Crippen LogP contribution in [0, 0.1) is 17.6 Å². The first-order chi connectivity index (χ1) is 9.01. The largest absolute Gasteiger partial charge is 0.489 e. The Morgan fingerprint density at radius 1 is 1.11 bits per heavy atom. The lowest BCUT2D eigenvalue weighted by Crippen LogP contribution is -2.33. The molecule has 1 N–H and O–H groups in total. The van der Waals surface area contributed by atoms with E-state index >= 15 is 0 Å². The van der Waals surface area contributed by atoms with Crippen LogP contribution < -0.4 is 10.1 Å². The van der Waals surface area contributed by atoms with Crippen molar-refractivity contribution in [3.8, 4) is 5.75 Å². The van der Waals surface area contributed by atoms with Crippen LogP contribution in [-0.4, -0.2) is 19.2 Å². The number of hydrogen-bond donors (Lipinski definition) is 1. The Morgan fingerprint density at radius 3 is 2.26 bits per heavy atom. The first-order valence-electron chi connectivity index (χ1n) is 6.84. The van der Waals surface area contributed by atoms with Crippen LogP contribution in [0.5, 0.6) is 5.75 Å². The van der Waals surface area contributed by atoms with E-state index < -0.39 is 11.6 Å². The van der Waals surface area contributed by atoms with Gasteiger partial charge in [-0.25, -0.2) is 8.78 Å². The van der Waals surface area contributed by atoms with Crippen LogP contribution in [0.15, 0.2) is 18.2 Å². The fourth-order valence-electron chi connectivity index (χ4n) is 1.85. The van der Waals surface area contributed by atoms with Gasteiger partial charge in [-0.1, -0.05) is 27.2 Å². The lowest BCUT2D eigenvalue weighted by atomic mass is 10.2. The Kier molecular flexibility index (Phi) is 6.78. The number of rotatable bonds is 8. The van der Waals surface area contributed by atoms with Crippen molar-refractivity contribution in [2.45, 2.75) is 39.7 Å². The fraction of sp³-hybridized carbons (Fsp3) is 0.600. The van der Waals surface area contributed by atoms with E-state index in [0.29, 0.717) is 12.5 Å². The van der Waals surface area contributed by atoms with Crippen molar-refractivity contribution < 1.29 is 13.5 Å². The average molecular weight is 271 g/mol. The minimum Gasteiger partial charge on any atom is -0.489 e. The molecule has 0 radical (unpaired) electrons. The molecule has 0 saturated heterocycles. The lowest BCUT2D eigenvalue weighted by Gasteiger charge is -2.20. The van der Waals surface area contributed by atoms with Gasteiger partial charge in [0.1, 0.15) is 23.5 Å². The third kappa shape index (κ3) is 6.53. The number of halogens is 2. The second kappa shape index (κ2) is 8.10. The number of hydrogen-bond acceptors (Lipinski definition) is 2. The number of benzene rings is 1. The van der Waals surface area contributed by atoms with E-state index in [1.807, 2.05) is 0 Å². The van der Waals surface area contributed by atoms with Crippen LogP contribution in [0.1, 0.15) is 33.6 Å². The Labute approximate surface area is 114 Å². The van der Waals surface area contributed by atoms with Crippen molar-refractivity contribution in [1.82, 2.24) is 5.32 Å². The fourth-order valence-corrected chi connectivity index (χ4v) is 1.85. The molecule has 0 heterocycles. The van der Waals surface area contributed by atoms with Crippen molar-refractivity contribution in [3.63, 3.8) is 0 Å². The van der Waals surface area contributed by atoms with Gasteiger partial charge in [-0.2, -0.15) is 0 Å². The van der Waals surface area contributed by atoms with E-state index in [1.54, 1.807) is 0 Å². The van der Waals surface area contributed by atoms with Gasteiger partial charge < -0.3 is 10.1 Å². The third-order valence-corrected chi connectivity index (χ3v) is 2.67. The summed E-state index contributed by atoms with van der Waals surface area (Å²) in [5.41, 5.74) is 0. The van der Waals surface area contributed by atoms with Crippen LogP contribution in [0.2, 0.25) is 0 Å². The normalized spacial score (nSPS) is 12.7. The highest BCUT2D eigenvalue weighted by Gasteiger charge is 2.11.